The molecular formula is C35H48N4OS. The highest BCUT2D eigenvalue weighted by molar-refractivity contribution is 7.13. The molecule has 5 rings (SSSR count). The smallest absolute Gasteiger partial charge is 0.223 e. The predicted octanol–water partition coefficient (Wildman–Crippen LogP) is 7.15. The predicted molar refractivity (Wildman–Crippen MR) is 171 cm³/mol. The quantitative estimate of drug-likeness (QED) is 0.341. The number of rotatable bonds is 6. The number of hydrogen-bond acceptors (Lipinski definition) is 5. The van der Waals surface area contributed by atoms with Gasteiger partial charge in [0.15, 0.2) is 0 Å². The van der Waals surface area contributed by atoms with E-state index in [0.29, 0.717) is 18.2 Å². The zero-order chi connectivity index (χ0) is 29.2. The van der Waals surface area contributed by atoms with Crippen LogP contribution in [-0.4, -0.2) is 59.5 Å². The molecule has 1 N–H and O–H groups in total. The summed E-state index contributed by atoms with van der Waals surface area (Å²) in [6.07, 6.45) is 2.90. The summed E-state index contributed by atoms with van der Waals surface area (Å²) in [5.41, 5.74) is 4.93. The van der Waals surface area contributed by atoms with Gasteiger partial charge in [0, 0.05) is 48.5 Å². The SMILES string of the molecule is CC(C)(C)c1csc(-c2ccc(C(c3ccccc3)N3CCN(C(=O)CC4CCNCC4)[C@@H](C(C)(C)C)C3)cc2)n1. The second-order valence-electron chi connectivity index (χ2n) is 14.1. The molecule has 5 nitrogen and oxygen atoms in total. The molecule has 3 aromatic rings. The first-order valence-electron chi connectivity index (χ1n) is 15.4. The summed E-state index contributed by atoms with van der Waals surface area (Å²) in [6, 6.07) is 20.2. The zero-order valence-electron chi connectivity index (χ0n) is 25.8. The van der Waals surface area contributed by atoms with E-state index < -0.39 is 0 Å². The lowest BCUT2D eigenvalue weighted by Gasteiger charge is -2.49. The van der Waals surface area contributed by atoms with Gasteiger partial charge in [-0.25, -0.2) is 4.98 Å². The van der Waals surface area contributed by atoms with E-state index in [1.807, 2.05) is 0 Å². The third kappa shape index (κ3) is 7.10. The summed E-state index contributed by atoms with van der Waals surface area (Å²) in [7, 11) is 0. The average molecular weight is 573 g/mol. The Kier molecular flexibility index (Phi) is 9.03. The highest BCUT2D eigenvalue weighted by atomic mass is 32.1. The number of carbonyl (C=O) groups excluding carboxylic acids is 1. The first-order chi connectivity index (χ1) is 19.5. The van der Waals surface area contributed by atoms with Crippen LogP contribution in [0.3, 0.4) is 0 Å². The van der Waals surface area contributed by atoms with Crippen LogP contribution in [-0.2, 0) is 10.2 Å². The molecule has 1 unspecified atom stereocenters. The highest BCUT2D eigenvalue weighted by Crippen LogP contribution is 2.37. The van der Waals surface area contributed by atoms with Gasteiger partial charge in [0.05, 0.1) is 11.7 Å². The molecule has 2 fully saturated rings. The van der Waals surface area contributed by atoms with E-state index in [-0.39, 0.29) is 22.9 Å². The van der Waals surface area contributed by atoms with Gasteiger partial charge in [-0.2, -0.15) is 0 Å². The van der Waals surface area contributed by atoms with Crippen LogP contribution in [0, 0.1) is 11.3 Å². The number of amides is 1. The fourth-order valence-corrected chi connectivity index (χ4v) is 7.39. The molecule has 2 aliphatic rings. The number of hydrogen-bond donors (Lipinski definition) is 1. The van der Waals surface area contributed by atoms with Crippen molar-refractivity contribution >= 4 is 17.2 Å². The van der Waals surface area contributed by atoms with E-state index in [4.69, 9.17) is 4.98 Å². The third-order valence-corrected chi connectivity index (χ3v) is 9.77. The normalized spacial score (nSPS) is 20.2. The van der Waals surface area contributed by atoms with Crippen molar-refractivity contribution in [1.82, 2.24) is 20.1 Å². The Morgan fingerprint density at radius 1 is 0.951 bits per heavy atom. The molecule has 0 bridgehead atoms. The van der Waals surface area contributed by atoms with Crippen LogP contribution in [0.4, 0.5) is 0 Å². The summed E-state index contributed by atoms with van der Waals surface area (Å²) < 4.78 is 0. The van der Waals surface area contributed by atoms with Crippen molar-refractivity contribution in [3.05, 3.63) is 76.8 Å². The molecule has 2 saturated heterocycles. The van der Waals surface area contributed by atoms with E-state index in [2.05, 4.69) is 117 Å². The Morgan fingerprint density at radius 3 is 2.22 bits per heavy atom. The van der Waals surface area contributed by atoms with Crippen LogP contribution in [0.1, 0.15) is 83.7 Å². The molecule has 2 aromatic carbocycles. The zero-order valence-corrected chi connectivity index (χ0v) is 26.6. The van der Waals surface area contributed by atoms with Crippen molar-refractivity contribution in [3.63, 3.8) is 0 Å². The Morgan fingerprint density at radius 2 is 1.61 bits per heavy atom. The summed E-state index contributed by atoms with van der Waals surface area (Å²) in [5.74, 6) is 0.852. The minimum Gasteiger partial charge on any atom is -0.337 e. The second-order valence-corrected chi connectivity index (χ2v) is 14.9. The van der Waals surface area contributed by atoms with Crippen LogP contribution >= 0.6 is 11.3 Å². The van der Waals surface area contributed by atoms with Gasteiger partial charge in [0.25, 0.3) is 0 Å². The van der Waals surface area contributed by atoms with Crippen LogP contribution in [0.15, 0.2) is 60.0 Å². The summed E-state index contributed by atoms with van der Waals surface area (Å²) >= 11 is 1.72. The van der Waals surface area contributed by atoms with Gasteiger partial charge in [0.2, 0.25) is 5.91 Å². The van der Waals surface area contributed by atoms with Crippen molar-refractivity contribution in [2.24, 2.45) is 11.3 Å². The number of piperidine rings is 1. The molecule has 0 radical (unpaired) electrons. The molecule has 1 aromatic heterocycles. The largest absolute Gasteiger partial charge is 0.337 e. The molecule has 1 amide bonds. The third-order valence-electron chi connectivity index (χ3n) is 8.88. The van der Waals surface area contributed by atoms with Gasteiger partial charge in [-0.05, 0) is 48.4 Å². The lowest BCUT2D eigenvalue weighted by molar-refractivity contribution is -0.141. The van der Waals surface area contributed by atoms with E-state index in [9.17, 15) is 4.79 Å². The lowest BCUT2D eigenvalue weighted by Crippen LogP contribution is -2.60. The van der Waals surface area contributed by atoms with Gasteiger partial charge >= 0.3 is 0 Å². The molecule has 6 heteroatoms. The summed E-state index contributed by atoms with van der Waals surface area (Å²) in [6.45, 7) is 18.1. The van der Waals surface area contributed by atoms with E-state index in [1.54, 1.807) is 11.3 Å². The van der Waals surface area contributed by atoms with Gasteiger partial charge in [-0.1, -0.05) is 96.1 Å². The maximum atomic E-state index is 13.7. The molecule has 41 heavy (non-hydrogen) atoms. The molecule has 2 aliphatic heterocycles. The molecule has 220 valence electrons. The van der Waals surface area contributed by atoms with Gasteiger partial charge in [-0.15, -0.1) is 11.3 Å². The maximum absolute atomic E-state index is 13.7. The number of piperazine rings is 1. The Labute approximate surface area is 251 Å². The topological polar surface area (TPSA) is 48.5 Å². The molecule has 3 heterocycles. The minimum absolute atomic E-state index is 0.0108. The number of nitrogens with zero attached hydrogens (tertiary/aromatic N) is 3. The number of nitrogens with one attached hydrogen (secondary N) is 1. The number of benzene rings is 2. The summed E-state index contributed by atoms with van der Waals surface area (Å²) in [5, 5.41) is 6.70. The van der Waals surface area contributed by atoms with Crippen molar-refractivity contribution < 1.29 is 4.79 Å². The van der Waals surface area contributed by atoms with Crippen molar-refractivity contribution in [1.29, 1.82) is 0 Å². The first-order valence-corrected chi connectivity index (χ1v) is 16.2. The van der Waals surface area contributed by atoms with Crippen LogP contribution in [0.5, 0.6) is 0 Å². The van der Waals surface area contributed by atoms with E-state index >= 15 is 0 Å². The average Bonchev–Trinajstić information content (AvgIpc) is 3.46. The first kappa shape index (κ1) is 29.9. The van der Waals surface area contributed by atoms with Crippen molar-refractivity contribution in [3.8, 4) is 10.6 Å². The minimum atomic E-state index is -0.0108. The fourth-order valence-electron chi connectivity index (χ4n) is 6.34. The molecule has 2 atom stereocenters. The Balaban J connectivity index is 1.39. The Hall–Kier alpha value is -2.54. The fraction of sp³-hybridized carbons (Fsp3) is 0.543. The van der Waals surface area contributed by atoms with Crippen LogP contribution in [0.2, 0.25) is 0 Å². The number of thiazole rings is 1. The van der Waals surface area contributed by atoms with Crippen molar-refractivity contribution in [2.75, 3.05) is 32.7 Å². The Bertz CT molecular complexity index is 1280. The van der Waals surface area contributed by atoms with Gasteiger partial charge < -0.3 is 10.2 Å². The highest BCUT2D eigenvalue weighted by Gasteiger charge is 2.40. The van der Waals surface area contributed by atoms with E-state index in [0.717, 1.165) is 56.3 Å². The van der Waals surface area contributed by atoms with Gasteiger partial charge in [-0.3, -0.25) is 9.69 Å². The molecule has 0 spiro atoms. The van der Waals surface area contributed by atoms with Crippen molar-refractivity contribution in [2.45, 2.75) is 78.3 Å². The molecule has 0 aliphatic carbocycles. The van der Waals surface area contributed by atoms with Crippen LogP contribution in [0.25, 0.3) is 10.6 Å². The lowest BCUT2D eigenvalue weighted by atomic mass is 9.82. The standard InChI is InChI=1S/C35H48N4OS/c1-34(2,3)29-24-41-33(37-29)28-14-12-27(13-15-28)32(26-10-8-7-9-11-26)38-20-21-39(30(23-38)35(4,5)6)31(40)22-25-16-18-36-19-17-25/h7-15,24-25,30,32,36H,16-23H2,1-6H3/t30-,32?/m1/s1. The summed E-state index contributed by atoms with van der Waals surface area (Å²) in [4.78, 5) is 23.4. The molecule has 0 saturated carbocycles. The number of aromatic nitrogens is 1. The molecular weight excluding hydrogens is 524 g/mol. The number of carbonyl (C=O) groups is 1. The second kappa shape index (κ2) is 12.4. The van der Waals surface area contributed by atoms with Crippen LogP contribution < -0.4 is 5.32 Å². The van der Waals surface area contributed by atoms with E-state index in [1.165, 1.54) is 16.7 Å². The van der Waals surface area contributed by atoms with Gasteiger partial charge in [0.1, 0.15) is 5.01 Å². The monoisotopic (exact) mass is 572 g/mol. The maximum Gasteiger partial charge on any atom is 0.223 e.